The summed E-state index contributed by atoms with van der Waals surface area (Å²) >= 11 is 18.4. The Bertz CT molecular complexity index is 1030. The van der Waals surface area contributed by atoms with E-state index in [2.05, 4.69) is 10.3 Å². The van der Waals surface area contributed by atoms with Crippen molar-refractivity contribution in [3.63, 3.8) is 0 Å². The van der Waals surface area contributed by atoms with E-state index < -0.39 is 0 Å². The van der Waals surface area contributed by atoms with Gasteiger partial charge in [0.2, 0.25) is 11.6 Å². The maximum Gasteiger partial charge on any atom is 0.229 e. The summed E-state index contributed by atoms with van der Waals surface area (Å²) in [4.78, 5) is 3.16. The number of hydrogen-bond acceptors (Lipinski definition) is 7. The van der Waals surface area contributed by atoms with Crippen molar-refractivity contribution in [3.8, 4) is 0 Å². The van der Waals surface area contributed by atoms with Crippen molar-refractivity contribution in [2.45, 2.75) is 0 Å². The van der Waals surface area contributed by atoms with Crippen LogP contribution < -0.4 is 21.3 Å². The van der Waals surface area contributed by atoms with Crippen LogP contribution in [0.4, 0.5) is 23.0 Å². The minimum Gasteiger partial charge on any atom is -0.382 e. The van der Waals surface area contributed by atoms with Gasteiger partial charge in [0.15, 0.2) is 11.6 Å². The predicted molar refractivity (Wildman–Crippen MR) is 102 cm³/mol. The SMILES string of the molecule is NC1=C(N)N(c2ccccc2Cl)c2nonc2N1c1ccc(Cl)c(Cl)c1. The average Bonchev–Trinajstić information content (AvgIpc) is 3.09. The molecule has 2 heterocycles. The van der Waals surface area contributed by atoms with Crippen LogP contribution in [0.15, 0.2) is 58.7 Å². The molecule has 0 aliphatic carbocycles. The van der Waals surface area contributed by atoms with E-state index in [0.717, 1.165) is 0 Å². The third-order valence-electron chi connectivity index (χ3n) is 3.88. The molecule has 0 fully saturated rings. The summed E-state index contributed by atoms with van der Waals surface area (Å²) in [6.07, 6.45) is 0. The van der Waals surface area contributed by atoms with E-state index in [9.17, 15) is 0 Å². The fraction of sp³-hybridized carbons (Fsp3) is 0. The van der Waals surface area contributed by atoms with Crippen molar-refractivity contribution >= 4 is 57.8 Å². The van der Waals surface area contributed by atoms with Crippen LogP contribution in [0.25, 0.3) is 0 Å². The molecule has 0 saturated carbocycles. The third-order valence-corrected chi connectivity index (χ3v) is 4.94. The molecule has 1 aliphatic rings. The molecule has 0 atom stereocenters. The van der Waals surface area contributed by atoms with E-state index in [0.29, 0.717) is 38.1 Å². The van der Waals surface area contributed by atoms with E-state index in [4.69, 9.17) is 50.9 Å². The van der Waals surface area contributed by atoms with Crippen molar-refractivity contribution in [2.24, 2.45) is 11.5 Å². The van der Waals surface area contributed by atoms with Crippen LogP contribution in [-0.2, 0) is 0 Å². The largest absolute Gasteiger partial charge is 0.382 e. The van der Waals surface area contributed by atoms with Crippen molar-refractivity contribution in [1.29, 1.82) is 0 Å². The van der Waals surface area contributed by atoms with Gasteiger partial charge in [-0.3, -0.25) is 9.80 Å². The topological polar surface area (TPSA) is 97.4 Å². The molecule has 132 valence electrons. The van der Waals surface area contributed by atoms with Gasteiger partial charge in [-0.1, -0.05) is 46.9 Å². The molecule has 0 spiro atoms. The number of nitrogens with zero attached hydrogens (tertiary/aromatic N) is 4. The van der Waals surface area contributed by atoms with Gasteiger partial charge in [-0.15, -0.1) is 0 Å². The number of aromatic nitrogens is 2. The zero-order valence-electron chi connectivity index (χ0n) is 13.0. The molecular formula is C16H11Cl3N6O. The number of fused-ring (bicyclic) bond motifs is 1. The van der Waals surface area contributed by atoms with Gasteiger partial charge < -0.3 is 11.5 Å². The first-order valence-corrected chi connectivity index (χ1v) is 8.50. The number of hydrogen-bond donors (Lipinski definition) is 2. The molecule has 3 aromatic rings. The second-order valence-electron chi connectivity index (χ2n) is 5.40. The Labute approximate surface area is 163 Å². The molecule has 26 heavy (non-hydrogen) atoms. The van der Waals surface area contributed by atoms with Gasteiger partial charge in [-0.25, -0.2) is 4.63 Å². The highest BCUT2D eigenvalue weighted by atomic mass is 35.5. The molecule has 0 amide bonds. The lowest BCUT2D eigenvalue weighted by molar-refractivity contribution is 0.309. The number of halogens is 3. The molecule has 4 rings (SSSR count). The van der Waals surface area contributed by atoms with Crippen LogP contribution in [-0.4, -0.2) is 10.3 Å². The fourth-order valence-corrected chi connectivity index (χ4v) is 3.19. The first kappa shape index (κ1) is 16.8. The molecule has 4 N–H and O–H groups in total. The van der Waals surface area contributed by atoms with E-state index in [-0.39, 0.29) is 11.6 Å². The highest BCUT2D eigenvalue weighted by Gasteiger charge is 2.35. The Kier molecular flexibility index (Phi) is 4.07. The summed E-state index contributed by atoms with van der Waals surface area (Å²) in [6, 6.07) is 12.2. The van der Waals surface area contributed by atoms with Gasteiger partial charge in [0.25, 0.3) is 0 Å². The first-order chi connectivity index (χ1) is 12.5. The van der Waals surface area contributed by atoms with E-state index in [1.54, 1.807) is 40.1 Å². The molecule has 0 bridgehead atoms. The van der Waals surface area contributed by atoms with Gasteiger partial charge >= 0.3 is 0 Å². The van der Waals surface area contributed by atoms with Crippen LogP contribution in [0, 0.1) is 0 Å². The summed E-state index contributed by atoms with van der Waals surface area (Å²) in [5.74, 6) is 1.12. The van der Waals surface area contributed by atoms with Crippen molar-refractivity contribution in [2.75, 3.05) is 9.80 Å². The lowest BCUT2D eigenvalue weighted by atomic mass is 10.2. The van der Waals surface area contributed by atoms with Crippen LogP contribution in [0.2, 0.25) is 15.1 Å². The summed E-state index contributed by atoms with van der Waals surface area (Å²) in [5.41, 5.74) is 13.8. The minimum atomic E-state index is 0.214. The number of benzene rings is 2. The Hall–Kier alpha value is -2.61. The Morgan fingerprint density at radius 2 is 1.42 bits per heavy atom. The number of nitrogens with two attached hydrogens (primary N) is 2. The molecule has 1 aromatic heterocycles. The quantitative estimate of drug-likeness (QED) is 0.648. The normalized spacial score (nSPS) is 14.0. The van der Waals surface area contributed by atoms with E-state index >= 15 is 0 Å². The highest BCUT2D eigenvalue weighted by molar-refractivity contribution is 6.42. The Morgan fingerprint density at radius 3 is 2.12 bits per heavy atom. The van der Waals surface area contributed by atoms with Gasteiger partial charge in [0.1, 0.15) is 0 Å². The maximum atomic E-state index is 6.31. The molecule has 7 nitrogen and oxygen atoms in total. The maximum absolute atomic E-state index is 6.31. The summed E-state index contributed by atoms with van der Waals surface area (Å²) < 4.78 is 4.94. The van der Waals surface area contributed by atoms with E-state index in [1.807, 2.05) is 12.1 Å². The van der Waals surface area contributed by atoms with Crippen molar-refractivity contribution < 1.29 is 4.63 Å². The molecule has 0 radical (unpaired) electrons. The van der Waals surface area contributed by atoms with Crippen LogP contribution in [0.5, 0.6) is 0 Å². The van der Waals surface area contributed by atoms with Gasteiger partial charge in [-0.05, 0) is 40.6 Å². The number of rotatable bonds is 2. The number of para-hydroxylation sites is 1. The monoisotopic (exact) mass is 408 g/mol. The summed E-state index contributed by atoms with van der Waals surface area (Å²) in [7, 11) is 0. The molecule has 10 heteroatoms. The zero-order chi connectivity index (χ0) is 18.4. The first-order valence-electron chi connectivity index (χ1n) is 7.36. The predicted octanol–water partition coefficient (Wildman–Crippen LogP) is 4.36. The lowest BCUT2D eigenvalue weighted by Gasteiger charge is -2.34. The molecule has 2 aromatic carbocycles. The molecule has 0 saturated heterocycles. The zero-order valence-corrected chi connectivity index (χ0v) is 15.3. The van der Waals surface area contributed by atoms with Crippen LogP contribution in [0.1, 0.15) is 0 Å². The Balaban J connectivity index is 1.91. The van der Waals surface area contributed by atoms with Gasteiger partial charge in [-0.2, -0.15) is 0 Å². The standard InChI is InChI=1S/C16H11Cl3N6O/c17-9-6-5-8(7-11(9)19)24-13(20)14(21)25(16-15(24)22-26-23-16)12-4-2-1-3-10(12)18/h1-7H,20-21H2. The third kappa shape index (κ3) is 2.52. The van der Waals surface area contributed by atoms with Crippen molar-refractivity contribution in [1.82, 2.24) is 10.3 Å². The molecule has 0 unspecified atom stereocenters. The summed E-state index contributed by atoms with van der Waals surface area (Å²) in [6.45, 7) is 0. The second-order valence-corrected chi connectivity index (χ2v) is 6.62. The minimum absolute atomic E-state index is 0.214. The lowest BCUT2D eigenvalue weighted by Crippen LogP contribution is -2.39. The smallest absolute Gasteiger partial charge is 0.229 e. The fourth-order valence-electron chi connectivity index (χ4n) is 2.68. The van der Waals surface area contributed by atoms with E-state index in [1.165, 1.54) is 0 Å². The van der Waals surface area contributed by atoms with Crippen molar-refractivity contribution in [3.05, 3.63) is 69.2 Å². The Morgan fingerprint density at radius 1 is 0.769 bits per heavy atom. The highest BCUT2D eigenvalue weighted by Crippen LogP contribution is 2.44. The van der Waals surface area contributed by atoms with Gasteiger partial charge in [0.05, 0.1) is 26.4 Å². The second kappa shape index (κ2) is 6.28. The summed E-state index contributed by atoms with van der Waals surface area (Å²) in [5, 5.41) is 9.18. The average molecular weight is 410 g/mol. The molecule has 1 aliphatic heterocycles. The number of anilines is 4. The molecular weight excluding hydrogens is 399 g/mol. The van der Waals surface area contributed by atoms with Gasteiger partial charge in [0, 0.05) is 0 Å². The van der Waals surface area contributed by atoms with Crippen LogP contribution in [0.3, 0.4) is 0 Å². The van der Waals surface area contributed by atoms with Crippen LogP contribution >= 0.6 is 34.8 Å².